The second-order valence-corrected chi connectivity index (χ2v) is 15.2. The highest BCUT2D eigenvalue weighted by atomic mass is 28.4. The first-order chi connectivity index (χ1) is 17.6. The summed E-state index contributed by atoms with van der Waals surface area (Å²) in [5.74, 6) is -0.329. The number of carbonyl (C=O) groups excluding carboxylic acids is 1. The fourth-order valence-electron chi connectivity index (χ4n) is 4.88. The summed E-state index contributed by atoms with van der Waals surface area (Å²) in [7, 11) is -2.61. The first kappa shape index (κ1) is 26.6. The number of benzene rings is 4. The maximum Gasteiger partial charge on any atom is 0.338 e. The molecule has 0 bridgehead atoms. The van der Waals surface area contributed by atoms with E-state index in [-0.39, 0.29) is 11.0 Å². The van der Waals surface area contributed by atoms with Gasteiger partial charge in [-0.25, -0.2) is 4.79 Å². The van der Waals surface area contributed by atoms with E-state index in [1.54, 1.807) is 12.1 Å². The van der Waals surface area contributed by atoms with Crippen LogP contribution in [0.3, 0.4) is 0 Å². The van der Waals surface area contributed by atoms with Crippen LogP contribution in [0.25, 0.3) is 0 Å². The van der Waals surface area contributed by atoms with Gasteiger partial charge in [-0.05, 0) is 52.5 Å². The van der Waals surface area contributed by atoms with E-state index in [1.807, 2.05) is 44.2 Å². The molecule has 0 amide bonds. The SMILES string of the molecule is CC(C)(OC(=O)c1ccccc1)c1ccc(CO[Si](c2ccccc2)(c2ccccc2)C(C)(C)C)cc1. The van der Waals surface area contributed by atoms with Crippen LogP contribution in [0, 0.1) is 0 Å². The molecule has 4 aromatic carbocycles. The van der Waals surface area contributed by atoms with Crippen LogP contribution in [0.4, 0.5) is 0 Å². The maximum absolute atomic E-state index is 12.6. The average Bonchev–Trinajstić information content (AvgIpc) is 2.90. The van der Waals surface area contributed by atoms with E-state index in [1.165, 1.54) is 10.4 Å². The van der Waals surface area contributed by atoms with Gasteiger partial charge in [-0.1, -0.05) is 124 Å². The molecule has 0 saturated carbocycles. The highest BCUT2D eigenvalue weighted by Gasteiger charge is 2.50. The van der Waals surface area contributed by atoms with Gasteiger partial charge < -0.3 is 9.16 Å². The van der Waals surface area contributed by atoms with E-state index < -0.39 is 13.9 Å². The first-order valence-electron chi connectivity index (χ1n) is 12.8. The minimum Gasteiger partial charge on any atom is -0.451 e. The highest BCUT2D eigenvalue weighted by Crippen LogP contribution is 2.37. The van der Waals surface area contributed by atoms with E-state index in [9.17, 15) is 4.79 Å². The second kappa shape index (κ2) is 10.9. The van der Waals surface area contributed by atoms with Gasteiger partial charge in [-0.2, -0.15) is 0 Å². The Morgan fingerprint density at radius 3 is 1.57 bits per heavy atom. The van der Waals surface area contributed by atoms with Crippen molar-refractivity contribution in [2.45, 2.75) is 51.9 Å². The van der Waals surface area contributed by atoms with Crippen molar-refractivity contribution in [1.29, 1.82) is 0 Å². The number of hydrogen-bond acceptors (Lipinski definition) is 3. The molecule has 0 atom stereocenters. The number of carbonyl (C=O) groups is 1. The van der Waals surface area contributed by atoms with E-state index in [0.717, 1.165) is 11.1 Å². The van der Waals surface area contributed by atoms with Gasteiger partial charge in [0.15, 0.2) is 0 Å². The van der Waals surface area contributed by atoms with Crippen LogP contribution in [0.1, 0.15) is 56.1 Å². The lowest BCUT2D eigenvalue weighted by Crippen LogP contribution is -2.66. The molecule has 0 aliphatic carbocycles. The molecule has 4 aromatic rings. The Bertz CT molecular complexity index is 1250. The van der Waals surface area contributed by atoms with E-state index in [2.05, 4.69) is 93.6 Å². The summed E-state index contributed by atoms with van der Waals surface area (Å²) in [4.78, 5) is 12.6. The third-order valence-electron chi connectivity index (χ3n) is 6.88. The van der Waals surface area contributed by atoms with Gasteiger partial charge in [0.2, 0.25) is 0 Å². The van der Waals surface area contributed by atoms with Gasteiger partial charge >= 0.3 is 5.97 Å². The average molecular weight is 509 g/mol. The molecular weight excluding hydrogens is 472 g/mol. The zero-order valence-electron chi connectivity index (χ0n) is 22.4. The van der Waals surface area contributed by atoms with Crippen LogP contribution < -0.4 is 10.4 Å². The molecule has 0 aromatic heterocycles. The smallest absolute Gasteiger partial charge is 0.338 e. The summed E-state index contributed by atoms with van der Waals surface area (Å²) in [6, 6.07) is 38.6. The van der Waals surface area contributed by atoms with Gasteiger partial charge in [-0.3, -0.25) is 0 Å². The maximum atomic E-state index is 12.6. The molecule has 37 heavy (non-hydrogen) atoms. The molecule has 4 rings (SSSR count). The summed E-state index contributed by atoms with van der Waals surface area (Å²) in [6.45, 7) is 11.2. The van der Waals surface area contributed by atoms with Gasteiger partial charge in [0.05, 0.1) is 12.2 Å². The van der Waals surface area contributed by atoms with Gasteiger partial charge in [-0.15, -0.1) is 0 Å². The minimum absolute atomic E-state index is 0.0801. The largest absolute Gasteiger partial charge is 0.451 e. The molecule has 190 valence electrons. The Balaban J connectivity index is 1.58. The number of ether oxygens (including phenoxy) is 1. The Kier molecular flexibility index (Phi) is 7.81. The second-order valence-electron chi connectivity index (χ2n) is 10.9. The van der Waals surface area contributed by atoms with Crippen LogP contribution in [0.2, 0.25) is 5.04 Å². The number of rotatable bonds is 8. The fraction of sp³-hybridized carbons (Fsp3) is 0.242. The highest BCUT2D eigenvalue weighted by molar-refractivity contribution is 6.99. The van der Waals surface area contributed by atoms with Crippen LogP contribution >= 0.6 is 0 Å². The van der Waals surface area contributed by atoms with Crippen molar-refractivity contribution in [3.63, 3.8) is 0 Å². The zero-order chi connectivity index (χ0) is 26.5. The van der Waals surface area contributed by atoms with Gasteiger partial charge in [0, 0.05) is 0 Å². The molecule has 0 spiro atoms. The van der Waals surface area contributed by atoms with E-state index >= 15 is 0 Å². The Morgan fingerprint density at radius 2 is 1.11 bits per heavy atom. The summed E-state index contributed by atoms with van der Waals surface area (Å²) in [5, 5.41) is 2.45. The van der Waals surface area contributed by atoms with E-state index in [0.29, 0.717) is 12.2 Å². The number of hydrogen-bond donors (Lipinski definition) is 0. The van der Waals surface area contributed by atoms with Crippen molar-refractivity contribution in [2.24, 2.45) is 0 Å². The predicted molar refractivity (Wildman–Crippen MR) is 154 cm³/mol. The molecule has 0 fully saturated rings. The lowest BCUT2D eigenvalue weighted by Gasteiger charge is -2.43. The monoisotopic (exact) mass is 508 g/mol. The Hall–Kier alpha value is -3.47. The molecule has 4 heteroatoms. The zero-order valence-corrected chi connectivity index (χ0v) is 23.4. The third-order valence-corrected chi connectivity index (χ3v) is 11.9. The molecule has 0 unspecified atom stereocenters. The Morgan fingerprint density at radius 1 is 0.649 bits per heavy atom. The first-order valence-corrected chi connectivity index (χ1v) is 14.7. The van der Waals surface area contributed by atoms with Crippen LogP contribution in [-0.4, -0.2) is 14.3 Å². The van der Waals surface area contributed by atoms with Gasteiger partial charge in [0.1, 0.15) is 5.60 Å². The summed E-state index contributed by atoms with van der Waals surface area (Å²) in [5.41, 5.74) is 1.81. The minimum atomic E-state index is -2.61. The molecule has 0 radical (unpaired) electrons. The van der Waals surface area contributed by atoms with Crippen molar-refractivity contribution < 1.29 is 14.0 Å². The number of esters is 1. The summed E-state index contributed by atoms with van der Waals surface area (Å²) < 4.78 is 12.9. The van der Waals surface area contributed by atoms with Crippen molar-refractivity contribution in [1.82, 2.24) is 0 Å². The summed E-state index contributed by atoms with van der Waals surface area (Å²) >= 11 is 0. The van der Waals surface area contributed by atoms with Crippen molar-refractivity contribution in [2.75, 3.05) is 0 Å². The third kappa shape index (κ3) is 5.76. The predicted octanol–water partition coefficient (Wildman–Crippen LogP) is 6.86. The summed E-state index contributed by atoms with van der Waals surface area (Å²) in [6.07, 6.45) is 0. The molecule has 3 nitrogen and oxygen atoms in total. The normalized spacial score (nSPS) is 12.2. The van der Waals surface area contributed by atoms with Crippen molar-refractivity contribution >= 4 is 24.7 Å². The van der Waals surface area contributed by atoms with Crippen LogP contribution in [0.5, 0.6) is 0 Å². The topological polar surface area (TPSA) is 35.5 Å². The molecule has 0 heterocycles. The quantitative estimate of drug-likeness (QED) is 0.193. The van der Waals surface area contributed by atoms with Crippen molar-refractivity contribution in [3.05, 3.63) is 132 Å². The van der Waals surface area contributed by atoms with Crippen LogP contribution in [-0.2, 0) is 21.4 Å². The Labute approximate surface area is 222 Å². The molecule has 0 N–H and O–H groups in total. The van der Waals surface area contributed by atoms with E-state index in [4.69, 9.17) is 9.16 Å². The molecule has 0 saturated heterocycles. The van der Waals surface area contributed by atoms with Crippen molar-refractivity contribution in [3.8, 4) is 0 Å². The van der Waals surface area contributed by atoms with Gasteiger partial charge in [0.25, 0.3) is 8.32 Å². The lowest BCUT2D eigenvalue weighted by atomic mass is 9.97. The van der Waals surface area contributed by atoms with Crippen LogP contribution in [0.15, 0.2) is 115 Å². The molecule has 0 aliphatic rings. The molecule has 0 aliphatic heterocycles. The molecular formula is C33H36O3Si. The fourth-order valence-corrected chi connectivity index (χ4v) is 9.42. The standard InChI is InChI=1S/C33H36O3Si/c1-32(2,3)37(29-17-11-7-12-18-29,30-19-13-8-14-20-30)35-25-26-21-23-28(24-22-26)33(4,5)36-31(34)27-15-9-6-10-16-27/h6-24H,25H2,1-5H3. The lowest BCUT2D eigenvalue weighted by molar-refractivity contribution is -0.00314.